The summed E-state index contributed by atoms with van der Waals surface area (Å²) in [6.07, 6.45) is 8.26. The van der Waals surface area contributed by atoms with Crippen molar-refractivity contribution in [2.75, 3.05) is 13.7 Å². The van der Waals surface area contributed by atoms with Crippen molar-refractivity contribution in [2.45, 2.75) is 77.4 Å². The average Bonchev–Trinajstić information content (AvgIpc) is 2.85. The summed E-state index contributed by atoms with van der Waals surface area (Å²) in [5, 5.41) is 20.9. The summed E-state index contributed by atoms with van der Waals surface area (Å²) in [4.78, 5) is 0. The second-order valence-corrected chi connectivity index (χ2v) is 9.46. The summed E-state index contributed by atoms with van der Waals surface area (Å²) in [6, 6.07) is 0. The van der Waals surface area contributed by atoms with Gasteiger partial charge in [0.2, 0.25) is 0 Å². The highest BCUT2D eigenvalue weighted by Gasteiger charge is 2.60. The minimum Gasteiger partial charge on any atom is -0.393 e. The van der Waals surface area contributed by atoms with E-state index in [4.69, 9.17) is 4.74 Å². The quantitative estimate of drug-likeness (QED) is 0.757. The van der Waals surface area contributed by atoms with Crippen LogP contribution in [-0.4, -0.2) is 36.1 Å². The molecule has 136 valence electrons. The molecule has 0 radical (unpaired) electrons. The van der Waals surface area contributed by atoms with Crippen molar-refractivity contribution >= 4 is 0 Å². The molecule has 0 bridgehead atoms. The number of ether oxygens (including phenoxy) is 1. The zero-order chi connectivity index (χ0) is 17.1. The van der Waals surface area contributed by atoms with Crippen molar-refractivity contribution < 1.29 is 14.9 Å². The molecule has 7 atom stereocenters. The van der Waals surface area contributed by atoms with E-state index >= 15 is 0 Å². The van der Waals surface area contributed by atoms with Gasteiger partial charge in [-0.2, -0.15) is 0 Å². The molecule has 2 N–H and O–H groups in total. The Labute approximate surface area is 146 Å². The standard InChI is InChI=1S/C21H34O3/c1-13-10-15-16-4-5-19(23)20(16,2)8-7-17(15)21(12-24-3)9-6-14(22)11-18(13)21/h14-17,19,22-23H,4-12H2,1-3H3/t14-,15-,16-,17-,19-,20-,21-/m0/s1. The molecule has 0 aliphatic heterocycles. The van der Waals surface area contributed by atoms with Gasteiger partial charge in [0.15, 0.2) is 0 Å². The van der Waals surface area contributed by atoms with Gasteiger partial charge < -0.3 is 14.9 Å². The molecule has 4 aliphatic carbocycles. The first-order chi connectivity index (χ1) is 11.4. The van der Waals surface area contributed by atoms with Crippen molar-refractivity contribution in [1.29, 1.82) is 0 Å². The molecule has 4 rings (SSSR count). The van der Waals surface area contributed by atoms with E-state index in [0.717, 1.165) is 38.7 Å². The highest BCUT2D eigenvalue weighted by molar-refractivity contribution is 5.31. The van der Waals surface area contributed by atoms with Crippen LogP contribution < -0.4 is 0 Å². The lowest BCUT2D eigenvalue weighted by atomic mass is 9.46. The lowest BCUT2D eigenvalue weighted by molar-refractivity contribution is -0.0954. The minimum absolute atomic E-state index is 0.110. The second kappa shape index (κ2) is 5.82. The summed E-state index contributed by atoms with van der Waals surface area (Å²) in [6.45, 7) is 5.44. The summed E-state index contributed by atoms with van der Waals surface area (Å²) in [5.74, 6) is 2.02. The smallest absolute Gasteiger partial charge is 0.0596 e. The number of methoxy groups -OCH3 is 1. The molecule has 0 saturated heterocycles. The van der Waals surface area contributed by atoms with Crippen molar-refractivity contribution in [1.82, 2.24) is 0 Å². The number of allylic oxidation sites excluding steroid dienone is 1. The summed E-state index contributed by atoms with van der Waals surface area (Å²) in [7, 11) is 1.84. The maximum absolute atomic E-state index is 10.6. The van der Waals surface area contributed by atoms with Gasteiger partial charge in [-0.25, -0.2) is 0 Å². The van der Waals surface area contributed by atoms with Crippen LogP contribution in [-0.2, 0) is 4.74 Å². The normalized spacial score (nSPS) is 51.1. The molecular weight excluding hydrogens is 300 g/mol. The highest BCUT2D eigenvalue weighted by Crippen LogP contribution is 2.66. The van der Waals surface area contributed by atoms with E-state index in [1.54, 1.807) is 0 Å². The van der Waals surface area contributed by atoms with Crippen molar-refractivity contribution in [3.63, 3.8) is 0 Å². The fourth-order valence-corrected chi connectivity index (χ4v) is 7.36. The predicted molar refractivity (Wildman–Crippen MR) is 94.5 cm³/mol. The Kier molecular flexibility index (Phi) is 4.14. The largest absolute Gasteiger partial charge is 0.393 e. The number of hydrogen-bond donors (Lipinski definition) is 2. The lowest BCUT2D eigenvalue weighted by Crippen LogP contribution is -2.54. The van der Waals surface area contributed by atoms with Crippen LogP contribution in [0.15, 0.2) is 11.1 Å². The first kappa shape index (κ1) is 17.1. The van der Waals surface area contributed by atoms with Crippen LogP contribution in [0.25, 0.3) is 0 Å². The van der Waals surface area contributed by atoms with E-state index < -0.39 is 0 Å². The first-order valence-corrected chi connectivity index (χ1v) is 9.96. The number of aliphatic hydroxyl groups is 2. The van der Waals surface area contributed by atoms with Crippen molar-refractivity contribution in [3.8, 4) is 0 Å². The topological polar surface area (TPSA) is 49.7 Å². The van der Waals surface area contributed by atoms with Gasteiger partial charge in [-0.05, 0) is 81.5 Å². The number of rotatable bonds is 2. The van der Waals surface area contributed by atoms with Crippen molar-refractivity contribution in [2.24, 2.45) is 28.6 Å². The van der Waals surface area contributed by atoms with Gasteiger partial charge in [0.1, 0.15) is 0 Å². The van der Waals surface area contributed by atoms with E-state index in [1.165, 1.54) is 30.4 Å². The minimum atomic E-state index is -0.168. The van der Waals surface area contributed by atoms with Gasteiger partial charge in [-0.15, -0.1) is 0 Å². The van der Waals surface area contributed by atoms with Crippen LogP contribution in [0, 0.1) is 28.6 Å². The van der Waals surface area contributed by atoms with Crippen LogP contribution in [0.1, 0.15) is 65.2 Å². The van der Waals surface area contributed by atoms with Crippen LogP contribution in [0.5, 0.6) is 0 Å². The van der Waals surface area contributed by atoms with E-state index in [1.807, 2.05) is 7.11 Å². The van der Waals surface area contributed by atoms with E-state index in [2.05, 4.69) is 13.8 Å². The fraction of sp³-hybridized carbons (Fsp3) is 0.905. The zero-order valence-corrected chi connectivity index (χ0v) is 15.6. The number of fused-ring (bicyclic) bond motifs is 5. The van der Waals surface area contributed by atoms with Gasteiger partial charge in [0.25, 0.3) is 0 Å². The Morgan fingerprint density at radius 3 is 2.58 bits per heavy atom. The summed E-state index contributed by atoms with van der Waals surface area (Å²) >= 11 is 0. The molecule has 0 heterocycles. The zero-order valence-electron chi connectivity index (χ0n) is 15.6. The molecule has 0 aromatic carbocycles. The first-order valence-electron chi connectivity index (χ1n) is 9.96. The molecule has 24 heavy (non-hydrogen) atoms. The van der Waals surface area contributed by atoms with Gasteiger partial charge >= 0.3 is 0 Å². The maximum Gasteiger partial charge on any atom is 0.0596 e. The molecule has 3 fully saturated rings. The maximum atomic E-state index is 10.6. The van der Waals surface area contributed by atoms with Crippen LogP contribution in [0.2, 0.25) is 0 Å². The summed E-state index contributed by atoms with van der Waals surface area (Å²) < 4.78 is 5.77. The molecular formula is C21H34O3. The lowest BCUT2D eigenvalue weighted by Gasteiger charge is -2.59. The SMILES string of the molecule is COC[C@]12CC[C@H](O)CC1=C(C)C[C@@H]1[C@@H]2CC[C@]2(C)[C@@H](O)CC[C@@H]12. The van der Waals surface area contributed by atoms with Crippen molar-refractivity contribution in [3.05, 3.63) is 11.1 Å². The molecule has 3 nitrogen and oxygen atoms in total. The molecule has 0 aromatic rings. The van der Waals surface area contributed by atoms with Gasteiger partial charge in [-0.3, -0.25) is 0 Å². The molecule has 3 saturated carbocycles. The Balaban J connectivity index is 1.75. The van der Waals surface area contributed by atoms with E-state index in [9.17, 15) is 10.2 Å². The van der Waals surface area contributed by atoms with Gasteiger partial charge in [0.05, 0.1) is 18.8 Å². The Hall–Kier alpha value is -0.380. The molecule has 0 amide bonds. The monoisotopic (exact) mass is 334 g/mol. The molecule has 0 spiro atoms. The number of aliphatic hydroxyl groups excluding tert-OH is 2. The second-order valence-electron chi connectivity index (χ2n) is 9.46. The summed E-state index contributed by atoms with van der Waals surface area (Å²) in [5.41, 5.74) is 3.31. The predicted octanol–water partition coefficient (Wildman–Crippen LogP) is 3.69. The third-order valence-corrected chi connectivity index (χ3v) is 8.52. The average molecular weight is 335 g/mol. The Bertz CT molecular complexity index is 541. The Morgan fingerprint density at radius 2 is 1.83 bits per heavy atom. The number of hydrogen-bond acceptors (Lipinski definition) is 3. The van der Waals surface area contributed by atoms with Crippen LogP contribution >= 0.6 is 0 Å². The fourth-order valence-electron chi connectivity index (χ4n) is 7.36. The molecule has 3 heteroatoms. The molecule has 0 unspecified atom stereocenters. The highest BCUT2D eigenvalue weighted by atomic mass is 16.5. The van der Waals surface area contributed by atoms with Crippen LogP contribution in [0.3, 0.4) is 0 Å². The van der Waals surface area contributed by atoms with Crippen LogP contribution in [0.4, 0.5) is 0 Å². The van der Waals surface area contributed by atoms with Gasteiger partial charge in [-0.1, -0.05) is 18.1 Å². The Morgan fingerprint density at radius 1 is 1.04 bits per heavy atom. The molecule has 0 aromatic heterocycles. The third-order valence-electron chi connectivity index (χ3n) is 8.52. The third kappa shape index (κ3) is 2.20. The van der Waals surface area contributed by atoms with E-state index in [0.29, 0.717) is 17.8 Å². The molecule has 4 aliphatic rings. The van der Waals surface area contributed by atoms with Gasteiger partial charge in [0, 0.05) is 12.5 Å². The van der Waals surface area contributed by atoms with E-state index in [-0.39, 0.29) is 23.0 Å².